The highest BCUT2D eigenvalue weighted by molar-refractivity contribution is 5.92. The van der Waals surface area contributed by atoms with Gasteiger partial charge in [-0.3, -0.25) is 0 Å². The fraction of sp³-hybridized carbons (Fsp3) is 0.400. The first-order valence-electron chi connectivity index (χ1n) is 6.74. The summed E-state index contributed by atoms with van der Waals surface area (Å²) in [5, 5.41) is 22.7. The van der Waals surface area contributed by atoms with Crippen molar-refractivity contribution in [2.75, 3.05) is 5.32 Å². The second kappa shape index (κ2) is 7.90. The Morgan fingerprint density at radius 2 is 1.95 bits per heavy atom. The molecule has 0 aliphatic carbocycles. The summed E-state index contributed by atoms with van der Waals surface area (Å²) in [4.78, 5) is 23.0. The van der Waals surface area contributed by atoms with Gasteiger partial charge in [-0.1, -0.05) is 32.4 Å². The molecule has 1 aromatic rings. The molecule has 0 radical (unpaired) electrons. The average Bonchev–Trinajstić information content (AvgIpc) is 2.46. The van der Waals surface area contributed by atoms with Crippen LogP contribution in [0, 0.1) is 17.2 Å². The molecule has 0 spiro atoms. The molecule has 1 aromatic carbocycles. The van der Waals surface area contributed by atoms with Gasteiger partial charge in [-0.15, -0.1) is 0 Å². The van der Waals surface area contributed by atoms with E-state index in [0.717, 1.165) is 5.56 Å². The van der Waals surface area contributed by atoms with E-state index in [2.05, 4.69) is 10.6 Å². The molecule has 112 valence electrons. The third-order valence-electron chi connectivity index (χ3n) is 3.26. The molecule has 6 nitrogen and oxygen atoms in total. The molecular formula is C15H19N3O3. The summed E-state index contributed by atoms with van der Waals surface area (Å²) in [5.74, 6) is -1.21. The second-order valence-electron chi connectivity index (χ2n) is 4.83. The number of aliphatic carboxylic acids is 1. The average molecular weight is 289 g/mol. The van der Waals surface area contributed by atoms with Gasteiger partial charge in [0.2, 0.25) is 0 Å². The number of nitrogens with one attached hydrogen (secondary N) is 2. The van der Waals surface area contributed by atoms with Crippen LogP contribution in [0.1, 0.15) is 25.8 Å². The highest BCUT2D eigenvalue weighted by Gasteiger charge is 2.25. The van der Waals surface area contributed by atoms with Crippen LogP contribution in [-0.2, 0) is 11.2 Å². The molecular weight excluding hydrogens is 270 g/mol. The molecule has 0 aliphatic rings. The number of rotatable bonds is 6. The van der Waals surface area contributed by atoms with Gasteiger partial charge in [0.1, 0.15) is 6.04 Å². The summed E-state index contributed by atoms with van der Waals surface area (Å²) >= 11 is 0. The monoisotopic (exact) mass is 289 g/mol. The quantitative estimate of drug-likeness (QED) is 0.748. The standard InChI is InChI=1S/C15H19N3O3/c1-3-10(2)13(14(19)20)18-15(21)17-12-6-4-11(5-7-12)8-9-16/h4-7,10,13H,3,8H2,1-2H3,(H,19,20)(H2,17,18,21)/t10-,13-/m0/s1. The Hall–Kier alpha value is -2.55. The van der Waals surface area contributed by atoms with Crippen LogP contribution in [0.5, 0.6) is 0 Å². The minimum absolute atomic E-state index is 0.161. The van der Waals surface area contributed by atoms with Crippen LogP contribution >= 0.6 is 0 Å². The van der Waals surface area contributed by atoms with E-state index in [9.17, 15) is 9.59 Å². The zero-order valence-electron chi connectivity index (χ0n) is 12.1. The Balaban J connectivity index is 2.63. The summed E-state index contributed by atoms with van der Waals surface area (Å²) in [6.45, 7) is 3.64. The summed E-state index contributed by atoms with van der Waals surface area (Å²) in [6, 6.07) is 7.37. The van der Waals surface area contributed by atoms with E-state index < -0.39 is 18.0 Å². The number of hydrogen-bond donors (Lipinski definition) is 3. The number of carboxylic acid groups (broad SMARTS) is 1. The lowest BCUT2D eigenvalue weighted by molar-refractivity contribution is -0.140. The van der Waals surface area contributed by atoms with Crippen LogP contribution < -0.4 is 10.6 Å². The molecule has 0 unspecified atom stereocenters. The smallest absolute Gasteiger partial charge is 0.326 e. The van der Waals surface area contributed by atoms with Gasteiger partial charge in [-0.05, 0) is 23.6 Å². The van der Waals surface area contributed by atoms with Crippen molar-refractivity contribution >= 4 is 17.7 Å². The number of nitrogens with zero attached hydrogens (tertiary/aromatic N) is 1. The molecule has 0 bridgehead atoms. The Morgan fingerprint density at radius 3 is 2.43 bits per heavy atom. The minimum Gasteiger partial charge on any atom is -0.480 e. The maximum absolute atomic E-state index is 11.8. The number of amides is 2. The van der Waals surface area contributed by atoms with E-state index in [1.165, 1.54) is 0 Å². The lowest BCUT2D eigenvalue weighted by Gasteiger charge is -2.20. The van der Waals surface area contributed by atoms with E-state index in [4.69, 9.17) is 10.4 Å². The van der Waals surface area contributed by atoms with Gasteiger partial charge in [-0.2, -0.15) is 5.26 Å². The lowest BCUT2D eigenvalue weighted by atomic mass is 9.99. The van der Waals surface area contributed by atoms with E-state index in [0.29, 0.717) is 18.5 Å². The zero-order chi connectivity index (χ0) is 15.8. The predicted octanol–water partition coefficient (Wildman–Crippen LogP) is 2.37. The molecule has 6 heteroatoms. The normalized spacial score (nSPS) is 12.8. The molecule has 0 fully saturated rings. The van der Waals surface area contributed by atoms with Crippen molar-refractivity contribution in [2.24, 2.45) is 5.92 Å². The third kappa shape index (κ3) is 5.15. The summed E-state index contributed by atoms with van der Waals surface area (Å²) in [6.07, 6.45) is 0.960. The summed E-state index contributed by atoms with van der Waals surface area (Å²) in [7, 11) is 0. The molecule has 0 aromatic heterocycles. The number of carbonyl (C=O) groups is 2. The van der Waals surface area contributed by atoms with Gasteiger partial charge in [-0.25, -0.2) is 9.59 Å². The first kappa shape index (κ1) is 16.5. The van der Waals surface area contributed by atoms with Crippen LogP contribution in [-0.4, -0.2) is 23.1 Å². The molecule has 2 atom stereocenters. The zero-order valence-corrected chi connectivity index (χ0v) is 12.1. The Labute approximate surface area is 123 Å². The lowest BCUT2D eigenvalue weighted by Crippen LogP contribution is -2.46. The van der Waals surface area contributed by atoms with E-state index in [1.807, 2.05) is 13.0 Å². The van der Waals surface area contributed by atoms with Crippen molar-refractivity contribution in [3.8, 4) is 6.07 Å². The van der Waals surface area contributed by atoms with Crippen molar-refractivity contribution in [1.82, 2.24) is 5.32 Å². The van der Waals surface area contributed by atoms with Crippen LogP contribution in [0.3, 0.4) is 0 Å². The van der Waals surface area contributed by atoms with Gasteiger partial charge in [0, 0.05) is 5.69 Å². The fourth-order valence-electron chi connectivity index (χ4n) is 1.79. The molecule has 2 amide bonds. The first-order valence-corrected chi connectivity index (χ1v) is 6.74. The Kier molecular flexibility index (Phi) is 6.21. The van der Waals surface area contributed by atoms with E-state index in [-0.39, 0.29) is 5.92 Å². The Bertz CT molecular complexity index is 534. The number of nitriles is 1. The SMILES string of the molecule is CC[C@H](C)[C@H](NC(=O)Nc1ccc(CC#N)cc1)C(=O)O. The molecule has 0 saturated carbocycles. The first-order chi connectivity index (χ1) is 9.97. The van der Waals surface area contributed by atoms with Crippen LogP contribution in [0.15, 0.2) is 24.3 Å². The molecule has 0 saturated heterocycles. The second-order valence-corrected chi connectivity index (χ2v) is 4.83. The molecule has 3 N–H and O–H groups in total. The number of carbonyl (C=O) groups excluding carboxylic acids is 1. The van der Waals surface area contributed by atoms with Gasteiger partial charge in [0.05, 0.1) is 12.5 Å². The van der Waals surface area contributed by atoms with Gasteiger partial charge >= 0.3 is 12.0 Å². The number of carboxylic acids is 1. The maximum Gasteiger partial charge on any atom is 0.326 e. The molecule has 1 rings (SSSR count). The number of benzene rings is 1. The molecule has 0 heterocycles. The minimum atomic E-state index is -1.05. The van der Waals surface area contributed by atoms with Crippen molar-refractivity contribution in [3.63, 3.8) is 0 Å². The summed E-state index contributed by atoms with van der Waals surface area (Å²) in [5.41, 5.74) is 1.40. The van der Waals surface area contributed by atoms with Crippen molar-refractivity contribution in [1.29, 1.82) is 5.26 Å². The molecule has 0 aliphatic heterocycles. The topological polar surface area (TPSA) is 102 Å². The van der Waals surface area contributed by atoms with Gasteiger partial charge < -0.3 is 15.7 Å². The van der Waals surface area contributed by atoms with Crippen molar-refractivity contribution in [2.45, 2.75) is 32.7 Å². The van der Waals surface area contributed by atoms with E-state index >= 15 is 0 Å². The summed E-state index contributed by atoms with van der Waals surface area (Å²) < 4.78 is 0. The van der Waals surface area contributed by atoms with Crippen LogP contribution in [0.2, 0.25) is 0 Å². The van der Waals surface area contributed by atoms with Crippen molar-refractivity contribution < 1.29 is 14.7 Å². The number of urea groups is 1. The highest BCUT2D eigenvalue weighted by atomic mass is 16.4. The number of hydrogen-bond acceptors (Lipinski definition) is 3. The largest absolute Gasteiger partial charge is 0.480 e. The molecule has 21 heavy (non-hydrogen) atoms. The Morgan fingerprint density at radius 1 is 1.33 bits per heavy atom. The van der Waals surface area contributed by atoms with Crippen LogP contribution in [0.4, 0.5) is 10.5 Å². The highest BCUT2D eigenvalue weighted by Crippen LogP contribution is 2.11. The maximum atomic E-state index is 11.8. The predicted molar refractivity (Wildman–Crippen MR) is 78.8 cm³/mol. The van der Waals surface area contributed by atoms with Crippen molar-refractivity contribution in [3.05, 3.63) is 29.8 Å². The number of anilines is 1. The van der Waals surface area contributed by atoms with Crippen LogP contribution in [0.25, 0.3) is 0 Å². The fourth-order valence-corrected chi connectivity index (χ4v) is 1.79. The van der Waals surface area contributed by atoms with Gasteiger partial charge in [0.15, 0.2) is 0 Å². The van der Waals surface area contributed by atoms with E-state index in [1.54, 1.807) is 31.2 Å². The third-order valence-corrected chi connectivity index (χ3v) is 3.26. The van der Waals surface area contributed by atoms with Gasteiger partial charge in [0.25, 0.3) is 0 Å².